The maximum atomic E-state index is 11.8. The van der Waals surface area contributed by atoms with E-state index < -0.39 is 11.6 Å². The molecule has 1 aliphatic heterocycles. The zero-order valence-corrected chi connectivity index (χ0v) is 18.5. The summed E-state index contributed by atoms with van der Waals surface area (Å²) in [6.45, 7) is 8.65. The molecule has 1 amide bonds. The van der Waals surface area contributed by atoms with Gasteiger partial charge in [-0.2, -0.15) is 0 Å². The van der Waals surface area contributed by atoms with Crippen LogP contribution in [0.4, 0.5) is 4.79 Å². The van der Waals surface area contributed by atoms with Crippen LogP contribution in [0.25, 0.3) is 0 Å². The van der Waals surface area contributed by atoms with Crippen LogP contribution < -0.4 is 5.32 Å². The Labute approximate surface area is 174 Å². The zero-order chi connectivity index (χ0) is 21.6. The smallest absolute Gasteiger partial charge is 0.407 e. The number of amides is 1. The third kappa shape index (κ3) is 6.83. The molecule has 8 nitrogen and oxygen atoms in total. The van der Waals surface area contributed by atoms with Gasteiger partial charge < -0.3 is 24.2 Å². The molecule has 2 aliphatic rings. The van der Waals surface area contributed by atoms with E-state index in [2.05, 4.69) is 5.32 Å². The number of methoxy groups -OCH3 is 1. The van der Waals surface area contributed by atoms with Crippen LogP contribution in [0.2, 0.25) is 0 Å². The first kappa shape index (κ1) is 23.9. The van der Waals surface area contributed by atoms with Crippen LogP contribution in [0, 0.1) is 0 Å². The molecule has 1 heterocycles. The Balaban J connectivity index is 1.62. The first-order valence-electron chi connectivity index (χ1n) is 10.7. The van der Waals surface area contributed by atoms with Gasteiger partial charge in [-0.1, -0.05) is 0 Å². The molecule has 8 heteroatoms. The minimum absolute atomic E-state index is 0.0285. The second-order valence-corrected chi connectivity index (χ2v) is 8.96. The summed E-state index contributed by atoms with van der Waals surface area (Å²) in [5.41, 5.74) is -0.675. The number of carboxylic acid groups (broad SMARTS) is 1. The highest BCUT2D eigenvalue weighted by molar-refractivity contribution is 5.79. The lowest BCUT2D eigenvalue weighted by Crippen LogP contribution is -2.53. The molecule has 2 atom stereocenters. The molecule has 29 heavy (non-hydrogen) atoms. The molecule has 1 aliphatic carbocycles. The minimum atomic E-state index is -0.855. The lowest BCUT2D eigenvalue weighted by Gasteiger charge is -2.40. The minimum Gasteiger partial charge on any atom is -0.468 e. The lowest BCUT2D eigenvalue weighted by molar-refractivity contribution is -0.147. The summed E-state index contributed by atoms with van der Waals surface area (Å²) in [5.74, 6) is -0.245. The number of piperidine rings is 1. The predicted molar refractivity (Wildman–Crippen MR) is 109 cm³/mol. The van der Waals surface area contributed by atoms with Crippen LogP contribution in [-0.2, 0) is 19.0 Å². The quantitative estimate of drug-likeness (QED) is 0.465. The second-order valence-electron chi connectivity index (χ2n) is 8.96. The number of likely N-dealkylation sites (tertiary alicyclic amines) is 1. The fourth-order valence-electron chi connectivity index (χ4n) is 4.66. The van der Waals surface area contributed by atoms with Gasteiger partial charge in [0, 0.05) is 18.1 Å². The van der Waals surface area contributed by atoms with Gasteiger partial charge >= 0.3 is 12.1 Å². The maximum absolute atomic E-state index is 11.8. The lowest BCUT2D eigenvalue weighted by atomic mass is 9.90. The molecule has 0 radical (unpaired) electrons. The Morgan fingerprint density at radius 1 is 1.00 bits per heavy atom. The number of ether oxygens (including phenoxy) is 3. The van der Waals surface area contributed by atoms with E-state index >= 15 is 0 Å². The van der Waals surface area contributed by atoms with Crippen molar-refractivity contribution in [3.8, 4) is 0 Å². The van der Waals surface area contributed by atoms with E-state index in [1.807, 2.05) is 27.7 Å². The Kier molecular flexibility index (Phi) is 8.73. The molecule has 0 aromatic carbocycles. The normalized spacial score (nSPS) is 30.8. The van der Waals surface area contributed by atoms with Gasteiger partial charge in [-0.25, -0.2) is 4.79 Å². The van der Waals surface area contributed by atoms with Gasteiger partial charge in [-0.3, -0.25) is 10.1 Å². The van der Waals surface area contributed by atoms with Crippen molar-refractivity contribution in [3.63, 3.8) is 0 Å². The van der Waals surface area contributed by atoms with Crippen LogP contribution in [-0.4, -0.2) is 78.3 Å². The summed E-state index contributed by atoms with van der Waals surface area (Å²) < 4.78 is 16.8. The van der Waals surface area contributed by atoms with E-state index in [4.69, 9.17) is 14.2 Å². The summed E-state index contributed by atoms with van der Waals surface area (Å²) in [6.07, 6.45) is 4.76. The fraction of sp³-hybridized carbons (Fsp3) is 0.905. The Bertz CT molecular complexity index is 535. The summed E-state index contributed by atoms with van der Waals surface area (Å²) in [6, 6.07) is 0.237. The number of carbonyl (C=O) groups excluding carboxylic acids is 1. The van der Waals surface area contributed by atoms with Crippen molar-refractivity contribution in [1.82, 2.24) is 10.2 Å². The summed E-state index contributed by atoms with van der Waals surface area (Å²) in [7, 11) is 1.41. The summed E-state index contributed by atoms with van der Waals surface area (Å²) in [4.78, 5) is 24.6. The van der Waals surface area contributed by atoms with Crippen molar-refractivity contribution < 1.29 is 28.9 Å². The number of carbonyl (C=O) groups is 2. The molecule has 1 saturated carbocycles. The number of hydrogen-bond acceptors (Lipinski definition) is 6. The Morgan fingerprint density at radius 3 is 2.00 bits per heavy atom. The molecular weight excluding hydrogens is 376 g/mol. The molecule has 1 saturated heterocycles. The average Bonchev–Trinajstić information content (AvgIpc) is 2.64. The molecule has 0 bridgehead atoms. The highest BCUT2D eigenvalue weighted by atomic mass is 16.5. The number of nitrogens with one attached hydrogen (secondary N) is 1. The third-order valence-electron chi connectivity index (χ3n) is 6.10. The van der Waals surface area contributed by atoms with Crippen molar-refractivity contribution in [2.75, 3.05) is 20.3 Å². The van der Waals surface area contributed by atoms with Gasteiger partial charge in [0.15, 0.2) is 0 Å². The zero-order valence-electron chi connectivity index (χ0n) is 18.5. The highest BCUT2D eigenvalue weighted by Gasteiger charge is 2.35. The molecule has 0 aromatic heterocycles. The van der Waals surface area contributed by atoms with Crippen LogP contribution in [0.3, 0.4) is 0 Å². The fourth-order valence-corrected chi connectivity index (χ4v) is 4.66. The van der Waals surface area contributed by atoms with Gasteiger partial charge in [0.2, 0.25) is 0 Å². The van der Waals surface area contributed by atoms with Gasteiger partial charge in [0.1, 0.15) is 5.54 Å². The molecule has 2 N–H and O–H groups in total. The van der Waals surface area contributed by atoms with Gasteiger partial charge in [-0.05, 0) is 66.2 Å². The Hall–Kier alpha value is -1.38. The topological polar surface area (TPSA) is 97.3 Å². The number of hydrogen-bond donors (Lipinski definition) is 2. The van der Waals surface area contributed by atoms with Crippen LogP contribution in [0.1, 0.15) is 66.2 Å². The van der Waals surface area contributed by atoms with Crippen molar-refractivity contribution >= 4 is 12.1 Å². The van der Waals surface area contributed by atoms with Crippen molar-refractivity contribution in [1.29, 1.82) is 0 Å². The number of nitrogens with zero attached hydrogens (tertiary/aromatic N) is 1. The SMILES string of the molecule is COC(=O)C(C)(C)NC1CCC(OCCOC2CC(C)N(C(=O)O)C(C)C2)CC1. The molecule has 0 aromatic rings. The third-order valence-corrected chi connectivity index (χ3v) is 6.10. The Morgan fingerprint density at radius 2 is 1.52 bits per heavy atom. The van der Waals surface area contributed by atoms with E-state index in [0.717, 1.165) is 38.5 Å². The van der Waals surface area contributed by atoms with Crippen LogP contribution in [0.5, 0.6) is 0 Å². The molecule has 2 rings (SSSR count). The van der Waals surface area contributed by atoms with E-state index in [1.54, 1.807) is 0 Å². The maximum Gasteiger partial charge on any atom is 0.407 e. The first-order valence-corrected chi connectivity index (χ1v) is 10.7. The monoisotopic (exact) mass is 414 g/mol. The van der Waals surface area contributed by atoms with Gasteiger partial charge in [0.05, 0.1) is 32.5 Å². The van der Waals surface area contributed by atoms with Gasteiger partial charge in [0.25, 0.3) is 0 Å². The molecule has 168 valence electrons. The summed E-state index contributed by atoms with van der Waals surface area (Å²) in [5, 5.41) is 12.7. The van der Waals surface area contributed by atoms with Gasteiger partial charge in [-0.15, -0.1) is 0 Å². The van der Waals surface area contributed by atoms with Crippen LogP contribution >= 0.6 is 0 Å². The first-order chi connectivity index (χ1) is 13.6. The van der Waals surface area contributed by atoms with E-state index in [1.165, 1.54) is 12.0 Å². The molecule has 2 unspecified atom stereocenters. The van der Waals surface area contributed by atoms with E-state index in [9.17, 15) is 14.7 Å². The number of esters is 1. The molecule has 0 spiro atoms. The second kappa shape index (κ2) is 10.6. The highest BCUT2D eigenvalue weighted by Crippen LogP contribution is 2.26. The molecular formula is C21H38N2O6. The average molecular weight is 415 g/mol. The summed E-state index contributed by atoms with van der Waals surface area (Å²) >= 11 is 0. The van der Waals surface area contributed by atoms with Crippen LogP contribution in [0.15, 0.2) is 0 Å². The standard InChI is InChI=1S/C21H38N2O6/c1-14-12-18(13-15(2)23(14)20(25)26)29-11-10-28-17-8-6-16(7-9-17)22-21(3,4)19(24)27-5/h14-18,22H,6-13H2,1-5H3,(H,25,26). The van der Waals surface area contributed by atoms with E-state index in [0.29, 0.717) is 19.3 Å². The van der Waals surface area contributed by atoms with Crippen molar-refractivity contribution in [2.24, 2.45) is 0 Å². The van der Waals surface area contributed by atoms with E-state index in [-0.39, 0.29) is 30.3 Å². The van der Waals surface area contributed by atoms with Crippen molar-refractivity contribution in [3.05, 3.63) is 0 Å². The number of rotatable bonds is 8. The van der Waals surface area contributed by atoms with Crippen molar-refractivity contribution in [2.45, 2.75) is 102 Å². The predicted octanol–water partition coefficient (Wildman–Crippen LogP) is 2.79. The largest absolute Gasteiger partial charge is 0.468 e. The molecule has 2 fully saturated rings.